The molecule has 0 bridgehead atoms. The zero-order chi connectivity index (χ0) is 27.1. The second-order valence-electron chi connectivity index (χ2n) is 11.7. The third kappa shape index (κ3) is 32.0. The van der Waals surface area contributed by atoms with Crippen LogP contribution in [0.3, 0.4) is 0 Å². The maximum Gasteiger partial charge on any atom is 0.256 e. The largest absolute Gasteiger partial charge is 0.275 e. The summed E-state index contributed by atoms with van der Waals surface area (Å²) in [6, 6.07) is 0. The second-order valence-corrected chi connectivity index (χ2v) is 12.3. The van der Waals surface area contributed by atoms with Crippen molar-refractivity contribution in [1.82, 2.24) is 4.09 Å². The van der Waals surface area contributed by atoms with E-state index in [0.717, 1.165) is 12.8 Å². The third-order valence-corrected chi connectivity index (χ3v) is 8.35. The van der Waals surface area contributed by atoms with Crippen molar-refractivity contribution in [3.05, 3.63) is 0 Å². The summed E-state index contributed by atoms with van der Waals surface area (Å²) in [5.74, 6) is -0.250. The minimum absolute atomic E-state index is 0.250. The lowest BCUT2D eigenvalue weighted by atomic mass is 10.0. The number of nitrogens with zero attached hydrogens (tertiary/aromatic N) is 1. The van der Waals surface area contributed by atoms with Gasteiger partial charge >= 0.3 is 0 Å². The maximum atomic E-state index is 11.2. The summed E-state index contributed by atoms with van der Waals surface area (Å²) in [5.41, 5.74) is 0. The zero-order valence-corrected chi connectivity index (χ0v) is 26.7. The summed E-state index contributed by atoms with van der Waals surface area (Å²) < 4.78 is 0.523. The Labute approximate surface area is 241 Å². The quantitative estimate of drug-likeness (QED) is 0.0379. The van der Waals surface area contributed by atoms with Crippen LogP contribution in [-0.2, 0) is 4.79 Å². The van der Waals surface area contributed by atoms with Crippen molar-refractivity contribution in [3.8, 4) is 0 Å². The van der Waals surface area contributed by atoms with Crippen molar-refractivity contribution in [1.29, 1.82) is 0 Å². The highest BCUT2D eigenvalue weighted by Crippen LogP contribution is 2.16. The van der Waals surface area contributed by atoms with Crippen molar-refractivity contribution in [2.75, 3.05) is 0 Å². The van der Waals surface area contributed by atoms with Gasteiger partial charge < -0.3 is 0 Å². The van der Waals surface area contributed by atoms with Crippen LogP contribution in [0, 0.1) is 0 Å². The van der Waals surface area contributed by atoms with Crippen molar-refractivity contribution in [2.24, 2.45) is 0 Å². The van der Waals surface area contributed by atoms with Gasteiger partial charge in [0.25, 0.3) is 5.91 Å². The first-order chi connectivity index (χ1) is 18.2. The van der Waals surface area contributed by atoms with Gasteiger partial charge in [0, 0.05) is 6.42 Å². The Morgan fingerprint density at radius 2 is 0.622 bits per heavy atom. The van der Waals surface area contributed by atoms with Crippen LogP contribution in [-0.4, -0.2) is 15.2 Å². The summed E-state index contributed by atoms with van der Waals surface area (Å²) in [6.07, 6.45) is 42.4. The maximum absolute atomic E-state index is 11.2. The predicted molar refractivity (Wildman–Crippen MR) is 166 cm³/mol. The van der Waals surface area contributed by atoms with Crippen LogP contribution in [0.1, 0.15) is 206 Å². The molecule has 0 aliphatic heterocycles. The Morgan fingerprint density at radius 1 is 0.432 bits per heavy atom. The lowest BCUT2D eigenvalue weighted by Crippen LogP contribution is -2.15. The van der Waals surface area contributed by atoms with Crippen molar-refractivity contribution in [2.45, 2.75) is 206 Å². The van der Waals surface area contributed by atoms with Gasteiger partial charge in [-0.25, -0.2) is 0 Å². The number of carbonyl (C=O) groups excluding carboxylic acids is 1. The van der Waals surface area contributed by atoms with Gasteiger partial charge in [0.15, 0.2) is 0 Å². The number of unbranched alkanes of at least 4 members (excludes halogenated alkanes) is 29. The zero-order valence-electron chi connectivity index (χ0n) is 25.1. The first-order valence-electron chi connectivity index (χ1n) is 16.9. The molecule has 0 unspecified atom stereocenters. The Morgan fingerprint density at radius 3 is 0.811 bits per heavy atom. The topological polar surface area (TPSA) is 40.5 Å². The van der Waals surface area contributed by atoms with E-state index in [9.17, 15) is 4.79 Å². The number of rotatable bonds is 31. The number of halogens is 1. The summed E-state index contributed by atoms with van der Waals surface area (Å²) in [4.78, 5) is 11.2. The summed E-state index contributed by atoms with van der Waals surface area (Å²) >= 11 is 2.75. The monoisotopic (exact) mass is 587 g/mol. The summed E-state index contributed by atoms with van der Waals surface area (Å²) in [7, 11) is 0. The molecule has 222 valence electrons. The fourth-order valence-electron chi connectivity index (χ4n) is 5.39. The highest BCUT2D eigenvalue weighted by molar-refractivity contribution is 9.07. The molecule has 0 spiro atoms. The lowest BCUT2D eigenvalue weighted by Gasteiger charge is -2.05. The highest BCUT2D eigenvalue weighted by Gasteiger charge is 2.06. The van der Waals surface area contributed by atoms with Crippen LogP contribution in [0.2, 0.25) is 0 Å². The number of hydrogen-bond donors (Lipinski definition) is 1. The van der Waals surface area contributed by atoms with Gasteiger partial charge in [-0.2, -0.15) is 4.09 Å². The van der Waals surface area contributed by atoms with E-state index >= 15 is 0 Å². The Bertz CT molecular complexity index is 444. The minimum Gasteiger partial charge on any atom is -0.275 e. The molecule has 0 fully saturated rings. The predicted octanol–water partition coefficient (Wildman–Crippen LogP) is 12.6. The number of hydrogen-bond acceptors (Lipinski definition) is 2. The molecule has 1 amide bonds. The van der Waals surface area contributed by atoms with E-state index < -0.39 is 0 Å². The van der Waals surface area contributed by atoms with Gasteiger partial charge in [-0.1, -0.05) is 193 Å². The Kier molecular flexibility index (Phi) is 32.0. The van der Waals surface area contributed by atoms with E-state index in [4.69, 9.17) is 5.21 Å². The minimum atomic E-state index is -0.250. The highest BCUT2D eigenvalue weighted by atomic mass is 79.9. The molecule has 0 aromatic carbocycles. The Hall–Kier alpha value is -0.0900. The molecule has 0 saturated carbocycles. The smallest absolute Gasteiger partial charge is 0.256 e. The molecule has 0 aromatic rings. The van der Waals surface area contributed by atoms with Crippen LogP contribution in [0.4, 0.5) is 0 Å². The van der Waals surface area contributed by atoms with Crippen LogP contribution >= 0.6 is 16.1 Å². The van der Waals surface area contributed by atoms with Crippen LogP contribution in [0.15, 0.2) is 0 Å². The van der Waals surface area contributed by atoms with E-state index in [1.807, 2.05) is 0 Å². The van der Waals surface area contributed by atoms with Crippen molar-refractivity contribution >= 4 is 22.1 Å². The molecule has 0 rings (SSSR count). The number of carbonyl (C=O) groups is 1. The fourth-order valence-corrected chi connectivity index (χ4v) is 5.57. The van der Waals surface area contributed by atoms with E-state index in [1.165, 1.54) is 180 Å². The molecular weight excluding hydrogens is 522 g/mol. The van der Waals surface area contributed by atoms with E-state index in [-0.39, 0.29) is 5.91 Å². The molecule has 4 heteroatoms. The molecule has 0 saturated heterocycles. The average molecular weight is 589 g/mol. The second kappa shape index (κ2) is 32.1. The van der Waals surface area contributed by atoms with Crippen LogP contribution < -0.4 is 0 Å². The molecule has 0 atom stereocenters. The van der Waals surface area contributed by atoms with E-state index in [2.05, 4.69) is 23.1 Å². The van der Waals surface area contributed by atoms with E-state index in [1.54, 1.807) is 0 Å². The van der Waals surface area contributed by atoms with Gasteiger partial charge in [0.1, 0.15) is 0 Å². The van der Waals surface area contributed by atoms with Gasteiger partial charge in [-0.3, -0.25) is 10.0 Å². The first-order valence-corrected chi connectivity index (χ1v) is 17.6. The molecule has 37 heavy (non-hydrogen) atoms. The molecule has 0 radical (unpaired) electrons. The molecular formula is C33H66BrNO2. The third-order valence-electron chi connectivity index (χ3n) is 7.95. The molecule has 0 aliphatic rings. The van der Waals surface area contributed by atoms with Crippen molar-refractivity contribution < 1.29 is 10.0 Å². The fraction of sp³-hybridized carbons (Fsp3) is 0.970. The van der Waals surface area contributed by atoms with Gasteiger partial charge in [0.05, 0.1) is 16.1 Å². The molecule has 3 nitrogen and oxygen atoms in total. The Balaban J connectivity index is 3.05. The van der Waals surface area contributed by atoms with Crippen LogP contribution in [0.25, 0.3) is 0 Å². The van der Waals surface area contributed by atoms with Gasteiger partial charge in [-0.15, -0.1) is 0 Å². The number of hydroxylamine groups is 1. The SMILES string of the molecule is CCCCCCCCCCCCCCCCCCCCCCCCCCCCCCCCC(=O)N(O)Br. The molecule has 1 N–H and O–H groups in total. The molecule has 0 heterocycles. The normalized spacial score (nSPS) is 11.3. The molecule has 0 aromatic heterocycles. The number of amides is 1. The molecule has 0 aliphatic carbocycles. The van der Waals surface area contributed by atoms with Gasteiger partial charge in [0.2, 0.25) is 0 Å². The summed E-state index contributed by atoms with van der Waals surface area (Å²) in [5, 5.41) is 8.93. The summed E-state index contributed by atoms with van der Waals surface area (Å²) in [6.45, 7) is 2.30. The van der Waals surface area contributed by atoms with Gasteiger partial charge in [-0.05, 0) is 6.42 Å². The first kappa shape index (κ1) is 36.9. The van der Waals surface area contributed by atoms with E-state index in [0.29, 0.717) is 10.5 Å². The van der Waals surface area contributed by atoms with Crippen LogP contribution in [0.5, 0.6) is 0 Å². The van der Waals surface area contributed by atoms with Crippen molar-refractivity contribution in [3.63, 3.8) is 0 Å². The lowest BCUT2D eigenvalue weighted by molar-refractivity contribution is -0.143. The average Bonchev–Trinajstić information content (AvgIpc) is 2.89. The standard InChI is InChI=1S/C33H66BrNO2/c1-2-3-4-5-6-7-8-9-10-11-12-13-14-15-16-17-18-19-20-21-22-23-24-25-26-27-28-29-30-31-32-33(36)35(34)37/h37H,2-32H2,1H3.